The van der Waals surface area contributed by atoms with E-state index in [2.05, 4.69) is 26.7 Å². The van der Waals surface area contributed by atoms with Crippen molar-refractivity contribution in [2.75, 3.05) is 0 Å². The van der Waals surface area contributed by atoms with E-state index in [1.807, 2.05) is 0 Å². The van der Waals surface area contributed by atoms with Gasteiger partial charge in [0.2, 0.25) is 5.89 Å². The minimum Gasteiger partial charge on any atom is -0.480 e. The molecule has 8 heteroatoms. The Morgan fingerprint density at radius 3 is 2.83 bits per heavy atom. The molecule has 1 atom stereocenters. The first-order valence-corrected chi connectivity index (χ1v) is 5.02. The Hall–Kier alpha value is -2.56. The Bertz CT molecular complexity index is 476. The molecule has 0 spiro atoms. The number of hydrogen-bond acceptors (Lipinski definition) is 5. The second-order valence-electron chi connectivity index (χ2n) is 3.36. The number of amides is 2. The fourth-order valence-electron chi connectivity index (χ4n) is 1.09. The number of urea groups is 1. The molecule has 18 heavy (non-hydrogen) atoms. The number of carboxylic acids is 1. The summed E-state index contributed by atoms with van der Waals surface area (Å²) in [4.78, 5) is 26.0. The van der Waals surface area contributed by atoms with E-state index in [-0.39, 0.29) is 18.9 Å². The predicted molar refractivity (Wildman–Crippen MR) is 59.3 cm³/mol. The lowest BCUT2D eigenvalue weighted by Gasteiger charge is -2.11. The van der Waals surface area contributed by atoms with Crippen molar-refractivity contribution in [1.29, 1.82) is 0 Å². The lowest BCUT2D eigenvalue weighted by atomic mass is 10.2. The van der Waals surface area contributed by atoms with E-state index in [1.54, 1.807) is 6.92 Å². The Morgan fingerprint density at radius 1 is 1.61 bits per heavy atom. The van der Waals surface area contributed by atoms with E-state index in [4.69, 9.17) is 16.1 Å². The molecule has 3 N–H and O–H groups in total. The second-order valence-corrected chi connectivity index (χ2v) is 3.36. The molecule has 0 radical (unpaired) electrons. The lowest BCUT2D eigenvalue weighted by molar-refractivity contribution is -0.139. The number of nitrogens with one attached hydrogen (secondary N) is 2. The Labute approximate surface area is 103 Å². The van der Waals surface area contributed by atoms with Crippen molar-refractivity contribution in [2.45, 2.75) is 25.9 Å². The van der Waals surface area contributed by atoms with Crippen LogP contribution in [0.15, 0.2) is 4.52 Å². The van der Waals surface area contributed by atoms with Crippen molar-refractivity contribution in [3.8, 4) is 12.3 Å². The largest absolute Gasteiger partial charge is 0.480 e. The van der Waals surface area contributed by atoms with Crippen LogP contribution in [0.25, 0.3) is 0 Å². The maximum Gasteiger partial charge on any atom is 0.327 e. The van der Waals surface area contributed by atoms with E-state index < -0.39 is 18.0 Å². The second kappa shape index (κ2) is 6.24. The molecule has 1 heterocycles. The fraction of sp³-hybridized carbons (Fsp3) is 0.400. The SMILES string of the molecule is C#CCC(NC(=O)NCc1nc(C)no1)C(=O)O. The zero-order valence-electron chi connectivity index (χ0n) is 9.64. The first-order chi connectivity index (χ1) is 8.52. The van der Waals surface area contributed by atoms with Gasteiger partial charge in [-0.15, -0.1) is 12.3 Å². The van der Waals surface area contributed by atoms with Gasteiger partial charge >= 0.3 is 12.0 Å². The molecule has 96 valence electrons. The quantitative estimate of drug-likeness (QED) is 0.617. The summed E-state index contributed by atoms with van der Waals surface area (Å²) in [6.45, 7) is 1.65. The number of carboxylic acid groups (broad SMARTS) is 1. The molecule has 1 aromatic rings. The fourth-order valence-corrected chi connectivity index (χ4v) is 1.09. The molecular formula is C10H12N4O4. The smallest absolute Gasteiger partial charge is 0.327 e. The van der Waals surface area contributed by atoms with Crippen molar-refractivity contribution in [1.82, 2.24) is 20.8 Å². The average Bonchev–Trinajstić information content (AvgIpc) is 2.72. The van der Waals surface area contributed by atoms with Crippen LogP contribution in [0, 0.1) is 19.3 Å². The van der Waals surface area contributed by atoms with E-state index in [9.17, 15) is 9.59 Å². The first kappa shape index (κ1) is 13.5. The van der Waals surface area contributed by atoms with E-state index in [1.165, 1.54) is 0 Å². The Balaban J connectivity index is 2.41. The van der Waals surface area contributed by atoms with Gasteiger partial charge in [-0.3, -0.25) is 0 Å². The van der Waals surface area contributed by atoms with Crippen LogP contribution in [0.1, 0.15) is 18.1 Å². The van der Waals surface area contributed by atoms with Gasteiger partial charge < -0.3 is 20.3 Å². The van der Waals surface area contributed by atoms with Crippen LogP contribution in [0.4, 0.5) is 4.79 Å². The van der Waals surface area contributed by atoms with Gasteiger partial charge in [-0.2, -0.15) is 4.98 Å². The number of nitrogens with zero attached hydrogens (tertiary/aromatic N) is 2. The molecule has 0 fully saturated rings. The van der Waals surface area contributed by atoms with Gasteiger partial charge in [-0.1, -0.05) is 5.16 Å². The number of carbonyl (C=O) groups is 2. The molecule has 1 rings (SSSR count). The van der Waals surface area contributed by atoms with Gasteiger partial charge in [-0.05, 0) is 6.92 Å². The summed E-state index contributed by atoms with van der Waals surface area (Å²) in [5.41, 5.74) is 0. The molecule has 2 amide bonds. The Morgan fingerprint density at radius 2 is 2.33 bits per heavy atom. The summed E-state index contributed by atoms with van der Waals surface area (Å²) >= 11 is 0. The van der Waals surface area contributed by atoms with Gasteiger partial charge in [0, 0.05) is 6.42 Å². The normalized spacial score (nSPS) is 11.3. The average molecular weight is 252 g/mol. The highest BCUT2D eigenvalue weighted by molar-refractivity contribution is 5.82. The highest BCUT2D eigenvalue weighted by Gasteiger charge is 2.18. The van der Waals surface area contributed by atoms with Gasteiger partial charge in [0.15, 0.2) is 5.82 Å². The molecule has 1 aromatic heterocycles. The van der Waals surface area contributed by atoms with Gasteiger partial charge in [0.25, 0.3) is 0 Å². The van der Waals surface area contributed by atoms with Crippen molar-refractivity contribution < 1.29 is 19.2 Å². The first-order valence-electron chi connectivity index (χ1n) is 5.02. The van der Waals surface area contributed by atoms with Crippen molar-refractivity contribution in [3.05, 3.63) is 11.7 Å². The standard InChI is InChI=1S/C10H12N4O4/c1-3-4-7(9(15)16)13-10(17)11-5-8-12-6(2)14-18-8/h1,7H,4-5H2,2H3,(H,15,16)(H2,11,13,17). The van der Waals surface area contributed by atoms with E-state index >= 15 is 0 Å². The molecule has 1 unspecified atom stereocenters. The number of rotatable bonds is 5. The number of aliphatic carboxylic acids is 1. The van der Waals surface area contributed by atoms with Gasteiger partial charge in [0.1, 0.15) is 6.04 Å². The van der Waals surface area contributed by atoms with Crippen LogP contribution in [-0.4, -0.2) is 33.3 Å². The maximum absolute atomic E-state index is 11.4. The predicted octanol–water partition coefficient (Wildman–Crippen LogP) is -0.346. The van der Waals surface area contributed by atoms with Gasteiger partial charge in [-0.25, -0.2) is 9.59 Å². The molecule has 0 aromatic carbocycles. The van der Waals surface area contributed by atoms with Crippen LogP contribution in [0.3, 0.4) is 0 Å². The van der Waals surface area contributed by atoms with Crippen LogP contribution in [-0.2, 0) is 11.3 Å². The minimum absolute atomic E-state index is 0.00899. The highest BCUT2D eigenvalue weighted by Crippen LogP contribution is 1.95. The summed E-state index contributed by atoms with van der Waals surface area (Å²) in [7, 11) is 0. The summed E-state index contributed by atoms with van der Waals surface area (Å²) in [5.74, 6) is 1.65. The molecule has 0 aliphatic rings. The molecule has 0 aliphatic carbocycles. The lowest BCUT2D eigenvalue weighted by Crippen LogP contribution is -2.45. The highest BCUT2D eigenvalue weighted by atomic mass is 16.5. The molecule has 0 saturated heterocycles. The summed E-state index contributed by atoms with van der Waals surface area (Å²) in [6.07, 6.45) is 4.90. The third kappa shape index (κ3) is 4.13. The third-order valence-electron chi connectivity index (χ3n) is 1.90. The van der Waals surface area contributed by atoms with Crippen molar-refractivity contribution in [2.24, 2.45) is 0 Å². The zero-order chi connectivity index (χ0) is 13.5. The summed E-state index contributed by atoms with van der Waals surface area (Å²) < 4.78 is 4.76. The monoisotopic (exact) mass is 252 g/mol. The molecular weight excluding hydrogens is 240 g/mol. The van der Waals surface area contributed by atoms with Crippen molar-refractivity contribution >= 4 is 12.0 Å². The molecule has 0 bridgehead atoms. The zero-order valence-corrected chi connectivity index (χ0v) is 9.64. The van der Waals surface area contributed by atoms with E-state index in [0.29, 0.717) is 5.82 Å². The number of hydrogen-bond donors (Lipinski definition) is 3. The van der Waals surface area contributed by atoms with Crippen molar-refractivity contribution in [3.63, 3.8) is 0 Å². The topological polar surface area (TPSA) is 117 Å². The molecule has 8 nitrogen and oxygen atoms in total. The van der Waals surface area contributed by atoms with Crippen LogP contribution >= 0.6 is 0 Å². The minimum atomic E-state index is -1.20. The maximum atomic E-state index is 11.4. The van der Waals surface area contributed by atoms with Crippen LogP contribution < -0.4 is 10.6 Å². The van der Waals surface area contributed by atoms with Crippen LogP contribution in [0.5, 0.6) is 0 Å². The third-order valence-corrected chi connectivity index (χ3v) is 1.90. The molecule has 0 saturated carbocycles. The van der Waals surface area contributed by atoms with E-state index in [0.717, 1.165) is 0 Å². The number of aromatic nitrogens is 2. The summed E-state index contributed by atoms with van der Waals surface area (Å²) in [6, 6.07) is -1.80. The van der Waals surface area contributed by atoms with Gasteiger partial charge in [0.05, 0.1) is 6.54 Å². The summed E-state index contributed by atoms with van der Waals surface area (Å²) in [5, 5.41) is 16.9. The van der Waals surface area contributed by atoms with Crippen LogP contribution in [0.2, 0.25) is 0 Å². The number of aryl methyl sites for hydroxylation is 1. The number of terminal acetylenes is 1. The Kier molecular flexibility index (Phi) is 4.68. The molecule has 0 aliphatic heterocycles. The number of carbonyl (C=O) groups excluding carboxylic acids is 1.